The maximum absolute atomic E-state index is 12.4. The molecule has 0 radical (unpaired) electrons. The fraction of sp³-hybridized carbons (Fsp3) is 0.0526. The van der Waals surface area contributed by atoms with Crippen LogP contribution >= 0.6 is 0 Å². The summed E-state index contributed by atoms with van der Waals surface area (Å²) in [5.41, 5.74) is 4.70. The zero-order valence-electron chi connectivity index (χ0n) is 13.2. The second-order valence-electron chi connectivity index (χ2n) is 5.05. The van der Waals surface area contributed by atoms with E-state index in [4.69, 9.17) is 4.74 Å². The molecule has 0 unspecified atom stereocenters. The molecule has 0 aliphatic carbocycles. The Bertz CT molecular complexity index is 855. The van der Waals surface area contributed by atoms with Gasteiger partial charge in [0.15, 0.2) is 0 Å². The predicted octanol–water partition coefficient (Wildman–Crippen LogP) is 3.25. The zero-order chi connectivity index (χ0) is 16.8. The van der Waals surface area contributed by atoms with Gasteiger partial charge in [0.2, 0.25) is 0 Å². The van der Waals surface area contributed by atoms with Gasteiger partial charge in [0.1, 0.15) is 5.75 Å². The van der Waals surface area contributed by atoms with Gasteiger partial charge < -0.3 is 9.30 Å². The van der Waals surface area contributed by atoms with Gasteiger partial charge in [-0.3, -0.25) is 4.79 Å². The molecule has 0 atom stereocenters. The quantitative estimate of drug-likeness (QED) is 0.580. The predicted molar refractivity (Wildman–Crippen MR) is 93.8 cm³/mol. The van der Waals surface area contributed by atoms with Crippen LogP contribution in [0.5, 0.6) is 5.75 Å². The molecule has 0 saturated heterocycles. The van der Waals surface area contributed by atoms with E-state index in [-0.39, 0.29) is 5.91 Å². The summed E-state index contributed by atoms with van der Waals surface area (Å²) in [6.45, 7) is 0. The fourth-order valence-electron chi connectivity index (χ4n) is 2.38. The smallest absolute Gasteiger partial charge is 0.273 e. The standard InChI is InChI=1S/C19H17N3O2/c1-24-18-11-5-2-8-15(18)14-20-21-19(23)16-9-3-4-10-17(16)22-12-6-7-13-22/h2-14H,1H3,(H,21,23)/b20-14-. The molecule has 0 spiro atoms. The summed E-state index contributed by atoms with van der Waals surface area (Å²) >= 11 is 0. The Hall–Kier alpha value is -3.34. The van der Waals surface area contributed by atoms with Gasteiger partial charge in [-0.15, -0.1) is 0 Å². The first-order valence-corrected chi connectivity index (χ1v) is 7.48. The third-order valence-corrected chi connectivity index (χ3v) is 3.54. The number of hydrogen-bond acceptors (Lipinski definition) is 3. The number of methoxy groups -OCH3 is 1. The molecule has 3 rings (SSSR count). The molecule has 24 heavy (non-hydrogen) atoms. The summed E-state index contributed by atoms with van der Waals surface area (Å²) in [6.07, 6.45) is 5.35. The third kappa shape index (κ3) is 3.35. The molecule has 2 aromatic carbocycles. The van der Waals surface area contributed by atoms with Crippen LogP contribution in [0, 0.1) is 0 Å². The molecule has 5 heteroatoms. The lowest BCUT2D eigenvalue weighted by atomic mass is 10.1. The largest absolute Gasteiger partial charge is 0.496 e. The molecule has 120 valence electrons. The van der Waals surface area contributed by atoms with E-state index in [1.807, 2.05) is 71.6 Å². The number of ether oxygens (including phenoxy) is 1. The number of hydrogen-bond donors (Lipinski definition) is 1. The van der Waals surface area contributed by atoms with Crippen molar-refractivity contribution < 1.29 is 9.53 Å². The second kappa shape index (κ2) is 7.28. The molecule has 0 bridgehead atoms. The van der Waals surface area contributed by atoms with Crippen LogP contribution in [0.4, 0.5) is 0 Å². The average Bonchev–Trinajstić information content (AvgIpc) is 3.16. The molecule has 1 aromatic heterocycles. The van der Waals surface area contributed by atoms with Gasteiger partial charge in [-0.2, -0.15) is 5.10 Å². The molecule has 0 fully saturated rings. The number of rotatable bonds is 5. The van der Waals surface area contributed by atoms with Crippen LogP contribution in [0.1, 0.15) is 15.9 Å². The van der Waals surface area contributed by atoms with Crippen LogP contribution in [0.15, 0.2) is 78.2 Å². The normalized spacial score (nSPS) is 10.7. The Morgan fingerprint density at radius 3 is 2.54 bits per heavy atom. The minimum Gasteiger partial charge on any atom is -0.496 e. The number of carbonyl (C=O) groups excluding carboxylic acids is 1. The average molecular weight is 319 g/mol. The monoisotopic (exact) mass is 319 g/mol. The molecule has 5 nitrogen and oxygen atoms in total. The number of hydrazone groups is 1. The van der Waals surface area contributed by atoms with E-state index in [0.717, 1.165) is 11.3 Å². The van der Waals surface area contributed by atoms with Crippen LogP contribution < -0.4 is 10.2 Å². The van der Waals surface area contributed by atoms with Gasteiger partial charge in [0.05, 0.1) is 24.6 Å². The fourth-order valence-corrected chi connectivity index (χ4v) is 2.38. The van der Waals surface area contributed by atoms with Gasteiger partial charge in [-0.1, -0.05) is 24.3 Å². The van der Waals surface area contributed by atoms with Crippen molar-refractivity contribution in [3.8, 4) is 11.4 Å². The Kier molecular flexibility index (Phi) is 4.72. The lowest BCUT2D eigenvalue weighted by Crippen LogP contribution is -2.19. The van der Waals surface area contributed by atoms with Crippen molar-refractivity contribution in [2.75, 3.05) is 7.11 Å². The highest BCUT2D eigenvalue weighted by molar-refractivity contribution is 5.98. The van der Waals surface area contributed by atoms with Gasteiger partial charge >= 0.3 is 0 Å². The summed E-state index contributed by atoms with van der Waals surface area (Å²) in [6, 6.07) is 18.7. The van der Waals surface area contributed by atoms with Crippen LogP contribution in [0.3, 0.4) is 0 Å². The Balaban J connectivity index is 1.78. The molecule has 0 aliphatic heterocycles. The summed E-state index contributed by atoms with van der Waals surface area (Å²) in [4.78, 5) is 12.4. The maximum atomic E-state index is 12.4. The lowest BCUT2D eigenvalue weighted by molar-refractivity contribution is 0.0955. The SMILES string of the molecule is COc1ccccc1/C=N\NC(=O)c1ccccc1-n1cccc1. The lowest BCUT2D eigenvalue weighted by Gasteiger charge is -2.09. The first kappa shape index (κ1) is 15.6. The van der Waals surface area contributed by atoms with Crippen molar-refractivity contribution in [2.45, 2.75) is 0 Å². The van der Waals surface area contributed by atoms with Crippen molar-refractivity contribution in [3.05, 3.63) is 84.2 Å². The molecule has 1 amide bonds. The number of nitrogens with one attached hydrogen (secondary N) is 1. The Labute approximate surface area is 140 Å². The molecule has 0 aliphatic rings. The molecule has 3 aromatic rings. The third-order valence-electron chi connectivity index (χ3n) is 3.54. The number of nitrogens with zero attached hydrogens (tertiary/aromatic N) is 2. The molecular weight excluding hydrogens is 302 g/mol. The van der Waals surface area contributed by atoms with Gasteiger partial charge in [0, 0.05) is 18.0 Å². The second-order valence-corrected chi connectivity index (χ2v) is 5.05. The number of amides is 1. The van der Waals surface area contributed by atoms with Gasteiger partial charge in [-0.25, -0.2) is 5.43 Å². The molecule has 1 N–H and O–H groups in total. The van der Waals surface area contributed by atoms with E-state index in [9.17, 15) is 4.79 Å². The van der Waals surface area contributed by atoms with E-state index in [0.29, 0.717) is 11.3 Å². The number of carbonyl (C=O) groups is 1. The van der Waals surface area contributed by atoms with Crippen molar-refractivity contribution in [1.82, 2.24) is 9.99 Å². The highest BCUT2D eigenvalue weighted by Gasteiger charge is 2.11. The van der Waals surface area contributed by atoms with E-state index in [1.54, 1.807) is 19.4 Å². The zero-order valence-corrected chi connectivity index (χ0v) is 13.2. The summed E-state index contributed by atoms with van der Waals surface area (Å²) < 4.78 is 7.14. The molecule has 0 saturated carbocycles. The highest BCUT2D eigenvalue weighted by atomic mass is 16.5. The van der Waals surface area contributed by atoms with E-state index >= 15 is 0 Å². The summed E-state index contributed by atoms with van der Waals surface area (Å²) in [7, 11) is 1.60. The van der Waals surface area contributed by atoms with Crippen molar-refractivity contribution in [3.63, 3.8) is 0 Å². The van der Waals surface area contributed by atoms with Crippen molar-refractivity contribution in [1.29, 1.82) is 0 Å². The van der Waals surface area contributed by atoms with Crippen LogP contribution in [-0.2, 0) is 0 Å². The maximum Gasteiger partial charge on any atom is 0.273 e. The van der Waals surface area contributed by atoms with E-state index < -0.39 is 0 Å². The summed E-state index contributed by atoms with van der Waals surface area (Å²) in [5, 5.41) is 4.04. The highest BCUT2D eigenvalue weighted by Crippen LogP contribution is 2.16. The number of para-hydroxylation sites is 2. The van der Waals surface area contributed by atoms with Crippen LogP contribution in [0.2, 0.25) is 0 Å². The van der Waals surface area contributed by atoms with Crippen LogP contribution in [-0.4, -0.2) is 23.8 Å². The Morgan fingerprint density at radius 1 is 1.04 bits per heavy atom. The van der Waals surface area contributed by atoms with E-state index in [2.05, 4.69) is 10.5 Å². The van der Waals surface area contributed by atoms with Gasteiger partial charge in [-0.05, 0) is 36.4 Å². The van der Waals surface area contributed by atoms with Gasteiger partial charge in [0.25, 0.3) is 5.91 Å². The van der Waals surface area contributed by atoms with Crippen molar-refractivity contribution in [2.24, 2.45) is 5.10 Å². The van der Waals surface area contributed by atoms with Crippen molar-refractivity contribution >= 4 is 12.1 Å². The minimum absolute atomic E-state index is 0.273. The van der Waals surface area contributed by atoms with E-state index in [1.165, 1.54) is 0 Å². The molecular formula is C19H17N3O2. The first-order valence-electron chi connectivity index (χ1n) is 7.48. The first-order chi connectivity index (χ1) is 11.8. The number of benzene rings is 2. The molecule has 1 heterocycles. The Morgan fingerprint density at radius 2 is 1.75 bits per heavy atom. The minimum atomic E-state index is -0.273. The topological polar surface area (TPSA) is 55.6 Å². The summed E-state index contributed by atoms with van der Waals surface area (Å²) in [5.74, 6) is 0.425. The van der Waals surface area contributed by atoms with Crippen LogP contribution in [0.25, 0.3) is 5.69 Å². The number of aromatic nitrogens is 1.